The van der Waals surface area contributed by atoms with Gasteiger partial charge in [0, 0.05) is 12.7 Å². The Balaban J connectivity index is 2.73. The van der Waals surface area contributed by atoms with Gasteiger partial charge in [0.2, 0.25) is 0 Å². The van der Waals surface area contributed by atoms with Gasteiger partial charge in [-0.15, -0.1) is 0 Å². The number of carbonyl (C=O) groups is 2. The number of hydrogen-bond donors (Lipinski definition) is 0. The molecule has 0 N–H and O–H groups in total. The fourth-order valence-corrected chi connectivity index (χ4v) is 1.35. The monoisotopic (exact) mass is 253 g/mol. The van der Waals surface area contributed by atoms with Crippen molar-refractivity contribution in [3.63, 3.8) is 0 Å². The fourth-order valence-electron chi connectivity index (χ4n) is 1.35. The van der Waals surface area contributed by atoms with E-state index >= 15 is 0 Å². The van der Waals surface area contributed by atoms with Crippen LogP contribution in [0.15, 0.2) is 23.9 Å². The van der Waals surface area contributed by atoms with Crippen molar-refractivity contribution in [2.24, 2.45) is 0 Å². The van der Waals surface area contributed by atoms with Crippen molar-refractivity contribution in [3.05, 3.63) is 23.9 Å². The summed E-state index contributed by atoms with van der Waals surface area (Å²) in [4.78, 5) is 24.7. The summed E-state index contributed by atoms with van der Waals surface area (Å²) >= 11 is 0. The lowest BCUT2D eigenvalue weighted by Gasteiger charge is -2.23. The highest BCUT2D eigenvalue weighted by molar-refractivity contribution is 5.92. The molecule has 18 heavy (non-hydrogen) atoms. The number of nitrogens with zero attached hydrogens (tertiary/aromatic N) is 1. The van der Waals surface area contributed by atoms with Crippen LogP contribution in [0.1, 0.15) is 27.7 Å². The zero-order chi connectivity index (χ0) is 13.8. The van der Waals surface area contributed by atoms with E-state index in [0.29, 0.717) is 18.7 Å². The van der Waals surface area contributed by atoms with Crippen LogP contribution in [0, 0.1) is 0 Å². The normalized spacial score (nSPS) is 15.1. The van der Waals surface area contributed by atoms with Gasteiger partial charge in [-0.2, -0.15) is 0 Å². The first-order valence-electron chi connectivity index (χ1n) is 5.88. The molecule has 0 fully saturated rings. The number of rotatable bonds is 2. The molecular formula is C13H19NO4. The molecule has 0 saturated carbocycles. The van der Waals surface area contributed by atoms with Gasteiger partial charge in [0.1, 0.15) is 5.60 Å². The smallest absolute Gasteiger partial charge is 0.414 e. The molecule has 0 aliphatic carbocycles. The average Bonchev–Trinajstić information content (AvgIpc) is 2.27. The van der Waals surface area contributed by atoms with Crippen molar-refractivity contribution in [3.8, 4) is 0 Å². The van der Waals surface area contributed by atoms with Crippen molar-refractivity contribution in [1.29, 1.82) is 0 Å². The molecule has 1 aliphatic heterocycles. The summed E-state index contributed by atoms with van der Waals surface area (Å²) in [6, 6.07) is 0. The quantitative estimate of drug-likeness (QED) is 0.708. The average molecular weight is 253 g/mol. The van der Waals surface area contributed by atoms with Gasteiger partial charge in [-0.3, -0.25) is 4.90 Å². The Labute approximate surface area is 107 Å². The minimum absolute atomic E-state index is 0.300. The summed E-state index contributed by atoms with van der Waals surface area (Å²) in [5.41, 5.74) is -0.220. The van der Waals surface area contributed by atoms with Crippen molar-refractivity contribution in [2.75, 3.05) is 13.2 Å². The molecule has 0 aromatic rings. The maximum Gasteiger partial charge on any atom is 0.414 e. The molecule has 0 saturated heterocycles. The second-order valence-electron chi connectivity index (χ2n) is 4.84. The molecule has 1 amide bonds. The van der Waals surface area contributed by atoms with Gasteiger partial charge in [0.05, 0.1) is 12.2 Å². The van der Waals surface area contributed by atoms with Crippen molar-refractivity contribution in [2.45, 2.75) is 33.3 Å². The molecule has 1 heterocycles. The Kier molecular flexibility index (Phi) is 4.53. The number of ether oxygens (including phenoxy) is 2. The standard InChI is InChI=1S/C13H19NO4/c1-5-17-12(16)14-8-6-7-10(9-14)11(15)18-13(2,3)4/h6-7,9H,5,8H2,1-4H3. The van der Waals surface area contributed by atoms with E-state index in [9.17, 15) is 9.59 Å². The third-order valence-corrected chi connectivity index (χ3v) is 2.03. The molecule has 100 valence electrons. The molecule has 0 radical (unpaired) electrons. The van der Waals surface area contributed by atoms with E-state index in [1.165, 1.54) is 11.1 Å². The first-order chi connectivity index (χ1) is 8.33. The molecule has 0 unspecified atom stereocenters. The van der Waals surface area contributed by atoms with E-state index in [1.54, 1.807) is 39.8 Å². The molecule has 0 bridgehead atoms. The van der Waals surface area contributed by atoms with E-state index in [0.717, 1.165) is 0 Å². The topological polar surface area (TPSA) is 55.8 Å². The number of hydrogen-bond acceptors (Lipinski definition) is 4. The van der Waals surface area contributed by atoms with Gasteiger partial charge in [-0.25, -0.2) is 9.59 Å². The number of carbonyl (C=O) groups excluding carboxylic acids is 2. The number of amides is 1. The van der Waals surface area contributed by atoms with E-state index in [4.69, 9.17) is 9.47 Å². The van der Waals surface area contributed by atoms with Crippen molar-refractivity contribution >= 4 is 12.1 Å². The van der Waals surface area contributed by atoms with Crippen LogP contribution in [0.25, 0.3) is 0 Å². The highest BCUT2D eigenvalue weighted by Crippen LogP contribution is 2.15. The van der Waals surface area contributed by atoms with Gasteiger partial charge >= 0.3 is 12.1 Å². The minimum atomic E-state index is -0.558. The maximum absolute atomic E-state index is 11.8. The summed E-state index contributed by atoms with van der Waals surface area (Å²) in [6.07, 6.45) is 4.34. The Bertz CT molecular complexity index is 390. The molecule has 0 atom stereocenters. The van der Waals surface area contributed by atoms with E-state index in [1.807, 2.05) is 0 Å². The first kappa shape index (κ1) is 14.3. The summed E-state index contributed by atoms with van der Waals surface area (Å²) < 4.78 is 10.1. The molecule has 5 heteroatoms. The molecule has 0 spiro atoms. The van der Waals surface area contributed by atoms with Crippen LogP contribution in [0.2, 0.25) is 0 Å². The second kappa shape index (κ2) is 5.71. The predicted molar refractivity (Wildman–Crippen MR) is 66.8 cm³/mol. The molecule has 0 aromatic heterocycles. The van der Waals surface area contributed by atoms with Gasteiger partial charge in [-0.1, -0.05) is 6.08 Å². The Hall–Kier alpha value is -1.78. The molecule has 5 nitrogen and oxygen atoms in total. The maximum atomic E-state index is 11.8. The zero-order valence-corrected chi connectivity index (χ0v) is 11.2. The minimum Gasteiger partial charge on any atom is -0.456 e. The highest BCUT2D eigenvalue weighted by Gasteiger charge is 2.22. The van der Waals surface area contributed by atoms with Crippen molar-refractivity contribution < 1.29 is 19.1 Å². The Morgan fingerprint density at radius 1 is 1.39 bits per heavy atom. The first-order valence-corrected chi connectivity index (χ1v) is 5.88. The summed E-state index contributed by atoms with van der Waals surface area (Å²) in [5, 5.41) is 0. The SMILES string of the molecule is CCOC(=O)N1C=C(C(=O)OC(C)(C)C)C=CC1. The molecule has 1 aliphatic rings. The van der Waals surface area contributed by atoms with Crippen LogP contribution in [0.3, 0.4) is 0 Å². The molecular weight excluding hydrogens is 234 g/mol. The summed E-state index contributed by atoms with van der Waals surface area (Å²) in [5.74, 6) is -0.451. The summed E-state index contributed by atoms with van der Waals surface area (Å²) in [7, 11) is 0. The van der Waals surface area contributed by atoms with Gasteiger partial charge < -0.3 is 9.47 Å². The van der Waals surface area contributed by atoms with Crippen LogP contribution in [-0.4, -0.2) is 35.7 Å². The van der Waals surface area contributed by atoms with Gasteiger partial charge in [-0.05, 0) is 33.8 Å². The van der Waals surface area contributed by atoms with E-state index in [2.05, 4.69) is 0 Å². The van der Waals surface area contributed by atoms with Gasteiger partial charge in [0.15, 0.2) is 0 Å². The van der Waals surface area contributed by atoms with E-state index < -0.39 is 17.7 Å². The Morgan fingerprint density at radius 3 is 2.61 bits per heavy atom. The lowest BCUT2D eigenvalue weighted by atomic mass is 10.1. The van der Waals surface area contributed by atoms with E-state index in [-0.39, 0.29) is 0 Å². The van der Waals surface area contributed by atoms with Crippen molar-refractivity contribution in [1.82, 2.24) is 4.90 Å². The third kappa shape index (κ3) is 4.24. The molecule has 0 aromatic carbocycles. The lowest BCUT2D eigenvalue weighted by Crippen LogP contribution is -2.31. The lowest BCUT2D eigenvalue weighted by molar-refractivity contribution is -0.149. The van der Waals surface area contributed by atoms with Crippen LogP contribution in [-0.2, 0) is 14.3 Å². The predicted octanol–water partition coefficient (Wildman–Crippen LogP) is 2.24. The van der Waals surface area contributed by atoms with Crippen LogP contribution in [0.5, 0.6) is 0 Å². The van der Waals surface area contributed by atoms with Crippen LogP contribution < -0.4 is 0 Å². The van der Waals surface area contributed by atoms with Crippen LogP contribution in [0.4, 0.5) is 4.79 Å². The third-order valence-electron chi connectivity index (χ3n) is 2.03. The van der Waals surface area contributed by atoms with Gasteiger partial charge in [0.25, 0.3) is 0 Å². The van der Waals surface area contributed by atoms with Crippen LogP contribution >= 0.6 is 0 Å². The highest BCUT2D eigenvalue weighted by atomic mass is 16.6. The number of esters is 1. The Morgan fingerprint density at radius 2 is 2.06 bits per heavy atom. The largest absolute Gasteiger partial charge is 0.456 e. The zero-order valence-electron chi connectivity index (χ0n) is 11.2. The fraction of sp³-hybridized carbons (Fsp3) is 0.538. The molecule has 1 rings (SSSR count). The second-order valence-corrected chi connectivity index (χ2v) is 4.84. The summed E-state index contributed by atoms with van der Waals surface area (Å²) in [6.45, 7) is 7.80.